The van der Waals surface area contributed by atoms with Gasteiger partial charge < -0.3 is 15.0 Å². The summed E-state index contributed by atoms with van der Waals surface area (Å²) in [7, 11) is 2.09. The molecule has 0 radical (unpaired) electrons. The van der Waals surface area contributed by atoms with Gasteiger partial charge in [-0.15, -0.1) is 0 Å². The summed E-state index contributed by atoms with van der Waals surface area (Å²) < 4.78 is 4.77. The average Bonchev–Trinajstić information content (AvgIpc) is 2.48. The van der Waals surface area contributed by atoms with E-state index < -0.39 is 0 Å². The molecule has 1 heterocycles. The van der Waals surface area contributed by atoms with Crippen LogP contribution in [0.5, 0.6) is 0 Å². The number of carbonyl (C=O) groups is 1. The Kier molecular flexibility index (Phi) is 4.02. The maximum atomic E-state index is 11.0. The third-order valence-electron chi connectivity index (χ3n) is 2.43. The molecule has 1 saturated heterocycles. The highest BCUT2D eigenvalue weighted by Crippen LogP contribution is 2.13. The highest BCUT2D eigenvalue weighted by molar-refractivity contribution is 5.67. The monoisotopic (exact) mass is 186 g/mol. The van der Waals surface area contributed by atoms with Crippen molar-refractivity contribution in [2.24, 2.45) is 0 Å². The van der Waals surface area contributed by atoms with Crippen molar-refractivity contribution < 1.29 is 9.53 Å². The summed E-state index contributed by atoms with van der Waals surface area (Å²) in [6, 6.07) is 0.490. The van der Waals surface area contributed by atoms with Crippen molar-refractivity contribution in [2.75, 3.05) is 26.7 Å². The number of hydrogen-bond donors (Lipinski definition) is 1. The summed E-state index contributed by atoms with van der Waals surface area (Å²) >= 11 is 0. The minimum absolute atomic E-state index is 0.303. The van der Waals surface area contributed by atoms with Crippen molar-refractivity contribution in [1.29, 1.82) is 0 Å². The third-order valence-corrected chi connectivity index (χ3v) is 2.43. The van der Waals surface area contributed by atoms with Gasteiger partial charge in [-0.25, -0.2) is 4.79 Å². The molecular weight excluding hydrogens is 168 g/mol. The van der Waals surface area contributed by atoms with Gasteiger partial charge in [-0.05, 0) is 33.4 Å². The van der Waals surface area contributed by atoms with Crippen molar-refractivity contribution in [3.8, 4) is 0 Å². The predicted molar refractivity (Wildman–Crippen MR) is 50.7 cm³/mol. The van der Waals surface area contributed by atoms with Crippen molar-refractivity contribution in [2.45, 2.75) is 25.8 Å². The molecular formula is C9H18N2O2. The zero-order chi connectivity index (χ0) is 9.68. The Morgan fingerprint density at radius 3 is 3.00 bits per heavy atom. The van der Waals surface area contributed by atoms with Crippen LogP contribution in [0.15, 0.2) is 0 Å². The van der Waals surface area contributed by atoms with Gasteiger partial charge >= 0.3 is 6.09 Å². The van der Waals surface area contributed by atoms with Crippen molar-refractivity contribution in [3.63, 3.8) is 0 Å². The van der Waals surface area contributed by atoms with E-state index in [1.54, 1.807) is 6.92 Å². The first-order valence-electron chi connectivity index (χ1n) is 4.85. The Labute approximate surface area is 79.2 Å². The summed E-state index contributed by atoms with van der Waals surface area (Å²) in [6.45, 7) is 4.08. The van der Waals surface area contributed by atoms with Crippen molar-refractivity contribution in [3.05, 3.63) is 0 Å². The van der Waals surface area contributed by atoms with E-state index in [1.165, 1.54) is 12.8 Å². The number of ether oxygens (including phenoxy) is 1. The Balaban J connectivity index is 2.14. The number of rotatable bonds is 3. The minimum Gasteiger partial charge on any atom is -0.450 e. The topological polar surface area (TPSA) is 41.6 Å². The summed E-state index contributed by atoms with van der Waals surface area (Å²) in [5.74, 6) is 0. The number of likely N-dealkylation sites (tertiary alicyclic amines) is 1. The van der Waals surface area contributed by atoms with Crippen molar-refractivity contribution >= 4 is 6.09 Å². The zero-order valence-electron chi connectivity index (χ0n) is 8.38. The molecule has 0 aromatic heterocycles. The maximum Gasteiger partial charge on any atom is 0.407 e. The van der Waals surface area contributed by atoms with Gasteiger partial charge in [-0.1, -0.05) is 0 Å². The molecule has 4 nitrogen and oxygen atoms in total. The summed E-state index contributed by atoms with van der Waals surface area (Å²) in [4.78, 5) is 13.2. The van der Waals surface area contributed by atoms with E-state index in [-0.39, 0.29) is 6.09 Å². The molecule has 0 aliphatic carbocycles. The number of nitrogens with zero attached hydrogens (tertiary/aromatic N) is 1. The van der Waals surface area contributed by atoms with Crippen LogP contribution < -0.4 is 5.32 Å². The van der Waals surface area contributed by atoms with E-state index in [0.717, 1.165) is 6.54 Å². The van der Waals surface area contributed by atoms with Crippen LogP contribution in [0.1, 0.15) is 19.8 Å². The van der Waals surface area contributed by atoms with E-state index in [1.807, 2.05) is 0 Å². The molecule has 1 unspecified atom stereocenters. The molecule has 0 aromatic carbocycles. The number of hydrogen-bond acceptors (Lipinski definition) is 3. The van der Waals surface area contributed by atoms with Gasteiger partial charge in [0.05, 0.1) is 6.61 Å². The Bertz CT molecular complexity index is 173. The molecule has 1 N–H and O–H groups in total. The number of likely N-dealkylation sites (N-methyl/N-ethyl adjacent to an activating group) is 1. The van der Waals surface area contributed by atoms with Crippen LogP contribution in [0.25, 0.3) is 0 Å². The molecule has 1 aliphatic rings. The van der Waals surface area contributed by atoms with E-state index in [2.05, 4.69) is 17.3 Å². The molecule has 0 aromatic rings. The zero-order valence-corrected chi connectivity index (χ0v) is 8.38. The fourth-order valence-electron chi connectivity index (χ4n) is 1.62. The highest BCUT2D eigenvalue weighted by atomic mass is 16.5. The van der Waals surface area contributed by atoms with Crippen molar-refractivity contribution in [1.82, 2.24) is 10.2 Å². The quantitative estimate of drug-likeness (QED) is 0.709. The molecule has 13 heavy (non-hydrogen) atoms. The van der Waals surface area contributed by atoms with Crippen LogP contribution in [-0.2, 0) is 4.74 Å². The number of amides is 1. The van der Waals surface area contributed by atoms with Crippen LogP contribution >= 0.6 is 0 Å². The second-order valence-corrected chi connectivity index (χ2v) is 3.38. The molecule has 0 bridgehead atoms. The molecule has 0 saturated carbocycles. The summed E-state index contributed by atoms with van der Waals surface area (Å²) in [5, 5.41) is 2.75. The van der Waals surface area contributed by atoms with Gasteiger partial charge in [0.15, 0.2) is 0 Å². The van der Waals surface area contributed by atoms with E-state index in [9.17, 15) is 4.79 Å². The number of carbonyl (C=O) groups excluding carboxylic acids is 1. The van der Waals surface area contributed by atoms with Gasteiger partial charge in [-0.3, -0.25) is 0 Å². The van der Waals surface area contributed by atoms with Gasteiger partial charge in [0.25, 0.3) is 0 Å². The lowest BCUT2D eigenvalue weighted by Crippen LogP contribution is -2.38. The lowest BCUT2D eigenvalue weighted by atomic mass is 10.2. The molecule has 76 valence electrons. The second-order valence-electron chi connectivity index (χ2n) is 3.38. The largest absolute Gasteiger partial charge is 0.450 e. The van der Waals surface area contributed by atoms with Crippen LogP contribution in [-0.4, -0.2) is 43.8 Å². The summed E-state index contributed by atoms with van der Waals surface area (Å²) in [5.41, 5.74) is 0. The first kappa shape index (κ1) is 10.3. The van der Waals surface area contributed by atoms with Crippen LogP contribution in [0.4, 0.5) is 4.79 Å². The first-order valence-corrected chi connectivity index (χ1v) is 4.85. The van der Waals surface area contributed by atoms with Gasteiger partial charge in [0.1, 0.15) is 0 Å². The fraction of sp³-hybridized carbons (Fsp3) is 0.889. The van der Waals surface area contributed by atoms with Crippen LogP contribution in [0.3, 0.4) is 0 Å². The Hall–Kier alpha value is -0.770. The normalized spacial score (nSPS) is 23.1. The van der Waals surface area contributed by atoms with E-state index in [0.29, 0.717) is 19.2 Å². The Morgan fingerprint density at radius 1 is 1.69 bits per heavy atom. The standard InChI is InChI=1S/C9H18N2O2/c1-3-13-9(12)10-7-8-5-4-6-11(8)2/h8H,3-7H2,1-2H3,(H,10,12). The fourth-order valence-corrected chi connectivity index (χ4v) is 1.62. The van der Waals surface area contributed by atoms with Crippen LogP contribution in [0, 0.1) is 0 Å². The molecule has 0 spiro atoms. The predicted octanol–water partition coefficient (Wildman–Crippen LogP) is 0.827. The average molecular weight is 186 g/mol. The second kappa shape index (κ2) is 5.07. The molecule has 1 amide bonds. The summed E-state index contributed by atoms with van der Waals surface area (Å²) in [6.07, 6.45) is 2.09. The smallest absolute Gasteiger partial charge is 0.407 e. The molecule has 1 aliphatic heterocycles. The lowest BCUT2D eigenvalue weighted by Gasteiger charge is -2.19. The number of alkyl carbamates (subject to hydrolysis) is 1. The molecule has 1 atom stereocenters. The SMILES string of the molecule is CCOC(=O)NCC1CCCN1C. The van der Waals surface area contributed by atoms with E-state index in [4.69, 9.17) is 4.74 Å². The number of nitrogens with one attached hydrogen (secondary N) is 1. The van der Waals surface area contributed by atoms with Gasteiger partial charge in [0.2, 0.25) is 0 Å². The molecule has 1 fully saturated rings. The van der Waals surface area contributed by atoms with Crippen LogP contribution in [0.2, 0.25) is 0 Å². The third kappa shape index (κ3) is 3.22. The Morgan fingerprint density at radius 2 is 2.46 bits per heavy atom. The molecule has 1 rings (SSSR count). The maximum absolute atomic E-state index is 11.0. The van der Waals surface area contributed by atoms with E-state index >= 15 is 0 Å². The molecule has 4 heteroatoms. The van der Waals surface area contributed by atoms with Gasteiger partial charge in [-0.2, -0.15) is 0 Å². The van der Waals surface area contributed by atoms with Gasteiger partial charge in [0, 0.05) is 12.6 Å². The highest BCUT2D eigenvalue weighted by Gasteiger charge is 2.20. The first-order chi connectivity index (χ1) is 6.24. The minimum atomic E-state index is -0.303. The lowest BCUT2D eigenvalue weighted by molar-refractivity contribution is 0.149.